The van der Waals surface area contributed by atoms with E-state index in [0.29, 0.717) is 13.2 Å². The minimum absolute atomic E-state index is 0.0796. The SMILES string of the molecule is Cc1nc2c(N3CCOCC3)nn(C3CCCCO3)c2nc1N1CCC2(CC1)Cc1ccccc1[C@H]2NC(=O)OC(C)(C)C. The maximum absolute atomic E-state index is 13.0. The lowest BCUT2D eigenvalue weighted by molar-refractivity contribution is -0.0369. The second-order valence-corrected chi connectivity index (χ2v) is 13.8. The Balaban J connectivity index is 1.17. The summed E-state index contributed by atoms with van der Waals surface area (Å²) in [5.41, 5.74) is 4.42. The number of morpholine rings is 1. The van der Waals surface area contributed by atoms with Gasteiger partial charge in [0.05, 0.1) is 24.9 Å². The van der Waals surface area contributed by atoms with Crippen LogP contribution < -0.4 is 15.1 Å². The number of ether oxygens (including phenoxy) is 3. The Labute approximate surface area is 259 Å². The van der Waals surface area contributed by atoms with E-state index in [1.807, 2.05) is 25.5 Å². The number of carbonyl (C=O) groups excluding carboxylic acids is 1. The molecule has 11 heteroatoms. The molecule has 3 aromatic rings. The third-order valence-electron chi connectivity index (χ3n) is 9.64. The molecule has 4 aliphatic rings. The smallest absolute Gasteiger partial charge is 0.408 e. The maximum atomic E-state index is 13.0. The van der Waals surface area contributed by atoms with Crippen molar-refractivity contribution in [1.29, 1.82) is 0 Å². The summed E-state index contributed by atoms with van der Waals surface area (Å²) >= 11 is 0. The van der Waals surface area contributed by atoms with E-state index in [9.17, 15) is 4.79 Å². The number of hydrogen-bond acceptors (Lipinski definition) is 9. The Morgan fingerprint density at radius 1 is 1.00 bits per heavy atom. The van der Waals surface area contributed by atoms with Crippen molar-refractivity contribution in [3.05, 3.63) is 41.1 Å². The molecule has 1 N–H and O–H groups in total. The van der Waals surface area contributed by atoms with Gasteiger partial charge < -0.3 is 29.3 Å². The first-order chi connectivity index (χ1) is 21.2. The van der Waals surface area contributed by atoms with Crippen LogP contribution in [0.4, 0.5) is 16.4 Å². The number of nitrogens with one attached hydrogen (secondary N) is 1. The Hall–Kier alpha value is -3.44. The molecule has 1 spiro atoms. The van der Waals surface area contributed by atoms with E-state index >= 15 is 0 Å². The number of carbonyl (C=O) groups is 1. The molecule has 1 aliphatic carbocycles. The van der Waals surface area contributed by atoms with Crippen molar-refractivity contribution < 1.29 is 19.0 Å². The number of alkyl carbamates (subject to hydrolysis) is 1. The number of fused-ring (bicyclic) bond motifs is 2. The highest BCUT2D eigenvalue weighted by atomic mass is 16.6. The van der Waals surface area contributed by atoms with Gasteiger partial charge in [-0.2, -0.15) is 0 Å². The van der Waals surface area contributed by atoms with Crippen molar-refractivity contribution >= 4 is 28.9 Å². The minimum atomic E-state index is -0.551. The zero-order valence-electron chi connectivity index (χ0n) is 26.5. The van der Waals surface area contributed by atoms with Crippen LogP contribution in [-0.4, -0.2) is 77.4 Å². The lowest BCUT2D eigenvalue weighted by atomic mass is 9.72. The molecule has 0 bridgehead atoms. The molecule has 3 aliphatic heterocycles. The molecular formula is C33H45N7O4. The summed E-state index contributed by atoms with van der Waals surface area (Å²) in [6, 6.07) is 8.42. The van der Waals surface area contributed by atoms with Gasteiger partial charge in [0, 0.05) is 38.2 Å². The van der Waals surface area contributed by atoms with Gasteiger partial charge in [-0.3, -0.25) is 0 Å². The fourth-order valence-electron chi connectivity index (χ4n) is 7.49. The normalized spacial score (nSPS) is 23.6. The lowest BCUT2D eigenvalue weighted by Gasteiger charge is -2.44. The van der Waals surface area contributed by atoms with E-state index in [1.165, 1.54) is 11.1 Å². The van der Waals surface area contributed by atoms with E-state index in [0.717, 1.165) is 99.8 Å². The Bertz CT molecular complexity index is 1510. The van der Waals surface area contributed by atoms with Gasteiger partial charge in [0.2, 0.25) is 0 Å². The van der Waals surface area contributed by atoms with Crippen LogP contribution in [0.15, 0.2) is 24.3 Å². The Morgan fingerprint density at radius 2 is 1.75 bits per heavy atom. The standard InChI is InChI=1S/C33H45N7O4/c1-22-28(36-29-26(34-22)30(39-16-19-42-20-17-39)37-40(29)25-11-7-8-18-43-25)38-14-12-33(13-15-38)21-23-9-5-6-10-24(23)27(33)35-31(41)44-32(2,3)4/h5-6,9-10,25,27H,7-8,11-21H2,1-4H3,(H,35,41)/t25?,27-/m1/s1. The van der Waals surface area contributed by atoms with E-state index in [1.54, 1.807) is 0 Å². The third kappa shape index (κ3) is 5.49. The molecule has 1 unspecified atom stereocenters. The van der Waals surface area contributed by atoms with Crippen molar-refractivity contribution in [1.82, 2.24) is 25.1 Å². The monoisotopic (exact) mass is 603 g/mol. The number of rotatable bonds is 4. The topological polar surface area (TPSA) is 107 Å². The molecule has 236 valence electrons. The molecule has 44 heavy (non-hydrogen) atoms. The zero-order chi connectivity index (χ0) is 30.5. The first-order valence-electron chi connectivity index (χ1n) is 16.2. The molecule has 3 fully saturated rings. The predicted molar refractivity (Wildman–Crippen MR) is 168 cm³/mol. The number of anilines is 2. The molecule has 0 saturated carbocycles. The Morgan fingerprint density at radius 3 is 2.48 bits per heavy atom. The number of nitrogens with zero attached hydrogens (tertiary/aromatic N) is 6. The average molecular weight is 604 g/mol. The summed E-state index contributed by atoms with van der Waals surface area (Å²) in [6.07, 6.45) is 5.40. The average Bonchev–Trinajstić information content (AvgIpc) is 3.52. The highest BCUT2D eigenvalue weighted by Gasteiger charge is 2.49. The molecule has 2 atom stereocenters. The lowest BCUT2D eigenvalue weighted by Crippen LogP contribution is -2.48. The van der Waals surface area contributed by atoms with Crippen LogP contribution in [0.5, 0.6) is 0 Å². The van der Waals surface area contributed by atoms with E-state index in [2.05, 4.69) is 46.3 Å². The van der Waals surface area contributed by atoms with Gasteiger partial charge in [0.1, 0.15) is 5.60 Å². The van der Waals surface area contributed by atoms with Crippen molar-refractivity contribution in [2.24, 2.45) is 5.41 Å². The van der Waals surface area contributed by atoms with Crippen molar-refractivity contribution in [3.8, 4) is 0 Å². The molecule has 2 aromatic heterocycles. The maximum Gasteiger partial charge on any atom is 0.408 e. The van der Waals surface area contributed by atoms with Gasteiger partial charge >= 0.3 is 6.09 Å². The van der Waals surface area contributed by atoms with Gasteiger partial charge in [-0.15, -0.1) is 5.10 Å². The van der Waals surface area contributed by atoms with Crippen LogP contribution in [0, 0.1) is 12.3 Å². The predicted octanol–water partition coefficient (Wildman–Crippen LogP) is 5.08. The Kier molecular flexibility index (Phi) is 7.64. The van der Waals surface area contributed by atoms with Crippen LogP contribution in [0.25, 0.3) is 11.2 Å². The van der Waals surface area contributed by atoms with Crippen LogP contribution >= 0.6 is 0 Å². The first kappa shape index (κ1) is 29.3. The van der Waals surface area contributed by atoms with Gasteiger partial charge in [-0.05, 0) is 77.3 Å². The number of benzene rings is 1. The number of hydrogen-bond donors (Lipinski definition) is 1. The molecule has 11 nitrogen and oxygen atoms in total. The largest absolute Gasteiger partial charge is 0.444 e. The number of aryl methyl sites for hydroxylation is 1. The van der Waals surface area contributed by atoms with Crippen LogP contribution in [-0.2, 0) is 20.6 Å². The quantitative estimate of drug-likeness (QED) is 0.437. The zero-order valence-corrected chi connectivity index (χ0v) is 26.5. The molecule has 3 saturated heterocycles. The van der Waals surface area contributed by atoms with E-state index in [4.69, 9.17) is 29.3 Å². The summed E-state index contributed by atoms with van der Waals surface area (Å²) in [5.74, 6) is 1.78. The number of amides is 1. The second kappa shape index (κ2) is 11.5. The van der Waals surface area contributed by atoms with Gasteiger partial charge in [-0.1, -0.05) is 24.3 Å². The molecule has 0 radical (unpaired) electrons. The van der Waals surface area contributed by atoms with E-state index < -0.39 is 5.60 Å². The molecular weight excluding hydrogens is 558 g/mol. The fourth-order valence-corrected chi connectivity index (χ4v) is 7.49. The van der Waals surface area contributed by atoms with Crippen LogP contribution in [0.2, 0.25) is 0 Å². The third-order valence-corrected chi connectivity index (χ3v) is 9.64. The second-order valence-electron chi connectivity index (χ2n) is 13.8. The van der Waals surface area contributed by atoms with Gasteiger partial charge in [0.25, 0.3) is 0 Å². The molecule has 1 aromatic carbocycles. The molecule has 7 rings (SSSR count). The van der Waals surface area contributed by atoms with Crippen molar-refractivity contribution in [2.75, 3.05) is 55.8 Å². The van der Waals surface area contributed by atoms with Crippen molar-refractivity contribution in [2.45, 2.75) is 84.1 Å². The summed E-state index contributed by atoms with van der Waals surface area (Å²) in [4.78, 5) is 28.1. The van der Waals surface area contributed by atoms with Crippen LogP contribution in [0.1, 0.15) is 82.0 Å². The van der Waals surface area contributed by atoms with Gasteiger partial charge in [0.15, 0.2) is 29.0 Å². The number of aromatic nitrogens is 4. The minimum Gasteiger partial charge on any atom is -0.444 e. The first-order valence-corrected chi connectivity index (χ1v) is 16.2. The summed E-state index contributed by atoms with van der Waals surface area (Å²) in [5, 5.41) is 8.35. The van der Waals surface area contributed by atoms with Crippen molar-refractivity contribution in [3.63, 3.8) is 0 Å². The number of piperidine rings is 1. The highest BCUT2D eigenvalue weighted by molar-refractivity contribution is 5.85. The summed E-state index contributed by atoms with van der Waals surface area (Å²) < 4.78 is 19.5. The van der Waals surface area contributed by atoms with E-state index in [-0.39, 0.29) is 23.8 Å². The van der Waals surface area contributed by atoms with Gasteiger partial charge in [-0.25, -0.2) is 19.4 Å². The highest BCUT2D eigenvalue weighted by Crippen LogP contribution is 2.52. The summed E-state index contributed by atoms with van der Waals surface area (Å²) in [7, 11) is 0. The molecule has 1 amide bonds. The van der Waals surface area contributed by atoms with Crippen LogP contribution in [0.3, 0.4) is 0 Å². The molecule has 5 heterocycles. The fraction of sp³-hybridized carbons (Fsp3) is 0.636. The summed E-state index contributed by atoms with van der Waals surface area (Å²) in [6.45, 7) is 13.1.